The molecule has 0 spiro atoms. The largest absolute Gasteiger partial charge is 0.495 e. The number of halogens is 2. The molecule has 2 atom stereocenters. The van der Waals surface area contributed by atoms with Crippen LogP contribution in [0.1, 0.15) is 24.5 Å². The molecule has 4 heteroatoms. The van der Waals surface area contributed by atoms with Gasteiger partial charge in [0.1, 0.15) is 5.75 Å². The number of rotatable bonds is 3. The van der Waals surface area contributed by atoms with Gasteiger partial charge in [0.25, 0.3) is 0 Å². The van der Waals surface area contributed by atoms with Gasteiger partial charge in [0.2, 0.25) is 0 Å². The van der Waals surface area contributed by atoms with Gasteiger partial charge in [0, 0.05) is 18.4 Å². The van der Waals surface area contributed by atoms with E-state index in [0.717, 1.165) is 25.0 Å². The van der Waals surface area contributed by atoms with Crippen LogP contribution in [-0.4, -0.2) is 19.6 Å². The van der Waals surface area contributed by atoms with E-state index in [1.165, 1.54) is 0 Å². The molecule has 0 saturated carbocycles. The number of ether oxygens (including phenoxy) is 2. The fourth-order valence-corrected chi connectivity index (χ4v) is 2.81. The second-order valence-electron chi connectivity index (χ2n) is 4.24. The summed E-state index contributed by atoms with van der Waals surface area (Å²) in [4.78, 5) is 0. The summed E-state index contributed by atoms with van der Waals surface area (Å²) in [7, 11) is 1.61. The zero-order valence-corrected chi connectivity index (χ0v) is 11.3. The quantitative estimate of drug-likeness (QED) is 0.774. The van der Waals surface area contributed by atoms with Crippen molar-refractivity contribution in [2.75, 3.05) is 19.6 Å². The Morgan fingerprint density at radius 1 is 1.47 bits per heavy atom. The van der Waals surface area contributed by atoms with E-state index in [2.05, 4.69) is 0 Å². The van der Waals surface area contributed by atoms with E-state index in [4.69, 9.17) is 32.7 Å². The van der Waals surface area contributed by atoms with E-state index in [1.54, 1.807) is 7.11 Å². The number of hydrogen-bond acceptors (Lipinski definition) is 2. The summed E-state index contributed by atoms with van der Waals surface area (Å²) in [5.74, 6) is 1.68. The average Bonchev–Trinajstić information content (AvgIpc) is 2.38. The zero-order valence-electron chi connectivity index (χ0n) is 9.79. The van der Waals surface area contributed by atoms with Crippen molar-refractivity contribution in [2.24, 2.45) is 5.92 Å². The van der Waals surface area contributed by atoms with Crippen molar-refractivity contribution in [3.05, 3.63) is 28.8 Å². The van der Waals surface area contributed by atoms with Gasteiger partial charge in [0.05, 0.1) is 18.2 Å². The molecule has 0 bridgehead atoms. The average molecular weight is 275 g/mol. The molecule has 1 aliphatic rings. The molecule has 2 rings (SSSR count). The van der Waals surface area contributed by atoms with Gasteiger partial charge in [-0.25, -0.2) is 0 Å². The van der Waals surface area contributed by atoms with Crippen molar-refractivity contribution in [1.82, 2.24) is 0 Å². The summed E-state index contributed by atoms with van der Waals surface area (Å²) >= 11 is 12.1. The van der Waals surface area contributed by atoms with Gasteiger partial charge in [-0.05, 0) is 30.5 Å². The highest BCUT2D eigenvalue weighted by molar-refractivity contribution is 6.32. The molecule has 1 aromatic carbocycles. The van der Waals surface area contributed by atoms with Gasteiger partial charge in [-0.15, -0.1) is 11.6 Å². The van der Waals surface area contributed by atoms with Crippen LogP contribution in [-0.2, 0) is 4.74 Å². The summed E-state index contributed by atoms with van der Waals surface area (Å²) in [5, 5.41) is 0.618. The highest BCUT2D eigenvalue weighted by atomic mass is 35.5. The molecule has 0 amide bonds. The molecule has 1 heterocycles. The molecule has 1 aromatic rings. The Bertz CT molecular complexity index is 382. The fraction of sp³-hybridized carbons (Fsp3) is 0.538. The summed E-state index contributed by atoms with van der Waals surface area (Å²) in [5.41, 5.74) is 1.08. The Kier molecular flexibility index (Phi) is 4.55. The minimum atomic E-state index is 0.0599. The van der Waals surface area contributed by atoms with Gasteiger partial charge in [-0.3, -0.25) is 0 Å². The first-order chi connectivity index (χ1) is 8.26. The van der Waals surface area contributed by atoms with Crippen LogP contribution >= 0.6 is 23.2 Å². The Hall–Kier alpha value is -0.440. The van der Waals surface area contributed by atoms with Crippen LogP contribution in [0.4, 0.5) is 0 Å². The first-order valence-electron chi connectivity index (χ1n) is 5.77. The zero-order chi connectivity index (χ0) is 12.3. The van der Waals surface area contributed by atoms with Crippen molar-refractivity contribution in [1.29, 1.82) is 0 Å². The lowest BCUT2D eigenvalue weighted by Crippen LogP contribution is -2.23. The third kappa shape index (κ3) is 2.87. The predicted octanol–water partition coefficient (Wildman–Crippen LogP) is 4.06. The van der Waals surface area contributed by atoms with Gasteiger partial charge < -0.3 is 9.47 Å². The third-order valence-corrected chi connectivity index (χ3v) is 3.84. The maximum absolute atomic E-state index is 6.13. The molecule has 17 heavy (non-hydrogen) atoms. The van der Waals surface area contributed by atoms with Crippen LogP contribution in [0.5, 0.6) is 5.75 Å². The number of methoxy groups -OCH3 is 1. The number of hydrogen-bond donors (Lipinski definition) is 0. The smallest absolute Gasteiger partial charge is 0.137 e. The molecule has 0 radical (unpaired) electrons. The van der Waals surface area contributed by atoms with Gasteiger partial charge in [-0.2, -0.15) is 0 Å². The van der Waals surface area contributed by atoms with Crippen LogP contribution in [0.15, 0.2) is 18.2 Å². The summed E-state index contributed by atoms with van der Waals surface area (Å²) in [6, 6.07) is 5.79. The van der Waals surface area contributed by atoms with Crippen LogP contribution < -0.4 is 4.74 Å². The summed E-state index contributed by atoms with van der Waals surface area (Å²) in [6.07, 6.45) is 2.25. The van der Waals surface area contributed by atoms with E-state index < -0.39 is 0 Å². The Morgan fingerprint density at radius 3 is 2.94 bits per heavy atom. The number of alkyl halides is 1. The van der Waals surface area contributed by atoms with Crippen LogP contribution in [0.25, 0.3) is 0 Å². The predicted molar refractivity (Wildman–Crippen MR) is 70.1 cm³/mol. The first-order valence-corrected chi connectivity index (χ1v) is 6.68. The van der Waals surface area contributed by atoms with E-state index in [1.807, 2.05) is 18.2 Å². The molecule has 1 saturated heterocycles. The van der Waals surface area contributed by atoms with Crippen molar-refractivity contribution < 1.29 is 9.47 Å². The first kappa shape index (κ1) is 13.0. The maximum Gasteiger partial charge on any atom is 0.137 e. The number of benzene rings is 1. The van der Waals surface area contributed by atoms with Crippen molar-refractivity contribution in [3.8, 4) is 5.75 Å². The highest BCUT2D eigenvalue weighted by Gasteiger charge is 2.27. The van der Waals surface area contributed by atoms with E-state index in [9.17, 15) is 0 Å². The second-order valence-corrected chi connectivity index (χ2v) is 4.96. The molecule has 1 fully saturated rings. The van der Waals surface area contributed by atoms with Crippen molar-refractivity contribution in [2.45, 2.75) is 18.9 Å². The van der Waals surface area contributed by atoms with Gasteiger partial charge >= 0.3 is 0 Å². The molecule has 2 unspecified atom stereocenters. The summed E-state index contributed by atoms with van der Waals surface area (Å²) in [6.45, 7) is 0.793. The van der Waals surface area contributed by atoms with Gasteiger partial charge in [0.15, 0.2) is 0 Å². The lowest BCUT2D eigenvalue weighted by molar-refractivity contribution is -0.0208. The Labute approximate surface area is 112 Å². The van der Waals surface area contributed by atoms with Crippen LogP contribution in [0.3, 0.4) is 0 Å². The van der Waals surface area contributed by atoms with E-state index in [-0.39, 0.29) is 6.10 Å². The maximum atomic E-state index is 6.13. The van der Waals surface area contributed by atoms with Crippen LogP contribution in [0, 0.1) is 5.92 Å². The molecular weight excluding hydrogens is 259 g/mol. The standard InChI is InChI=1S/C13H16Cl2O2/c1-16-12-5-4-9(7-11(12)15)13-10(8-14)3-2-6-17-13/h4-5,7,10,13H,2-3,6,8H2,1H3. The third-order valence-electron chi connectivity index (χ3n) is 3.15. The topological polar surface area (TPSA) is 18.5 Å². The lowest BCUT2D eigenvalue weighted by Gasteiger charge is -2.31. The highest BCUT2D eigenvalue weighted by Crippen LogP contribution is 2.37. The molecular formula is C13H16Cl2O2. The monoisotopic (exact) mass is 274 g/mol. The van der Waals surface area contributed by atoms with Gasteiger partial charge in [-0.1, -0.05) is 17.7 Å². The normalized spacial score (nSPS) is 24.6. The van der Waals surface area contributed by atoms with Crippen molar-refractivity contribution >= 4 is 23.2 Å². The van der Waals surface area contributed by atoms with Crippen molar-refractivity contribution in [3.63, 3.8) is 0 Å². The Balaban J connectivity index is 2.23. The molecule has 0 N–H and O–H groups in total. The fourth-order valence-electron chi connectivity index (χ4n) is 2.23. The lowest BCUT2D eigenvalue weighted by atomic mass is 9.91. The Morgan fingerprint density at radius 2 is 2.29 bits per heavy atom. The molecule has 1 aliphatic heterocycles. The molecule has 94 valence electrons. The second kappa shape index (κ2) is 5.94. The molecule has 0 aliphatic carbocycles. The van der Waals surface area contributed by atoms with Crippen LogP contribution in [0.2, 0.25) is 5.02 Å². The SMILES string of the molecule is COc1ccc(C2OCCCC2CCl)cc1Cl. The molecule has 2 nitrogen and oxygen atoms in total. The van der Waals surface area contributed by atoms with E-state index >= 15 is 0 Å². The van der Waals surface area contributed by atoms with E-state index in [0.29, 0.717) is 22.6 Å². The molecule has 0 aromatic heterocycles. The minimum absolute atomic E-state index is 0.0599. The minimum Gasteiger partial charge on any atom is -0.495 e. The summed E-state index contributed by atoms with van der Waals surface area (Å²) < 4.78 is 11.0.